The van der Waals surface area contributed by atoms with E-state index < -0.39 is 25.7 Å². The molecule has 3 aliphatic rings. The van der Waals surface area contributed by atoms with E-state index in [-0.39, 0.29) is 30.4 Å². The molecule has 326 valence electrons. The van der Waals surface area contributed by atoms with Gasteiger partial charge in [0.15, 0.2) is 6.54 Å². The number of aryl methyl sites for hydroxylation is 1. The van der Waals surface area contributed by atoms with Gasteiger partial charge in [0.1, 0.15) is 4.70 Å². The van der Waals surface area contributed by atoms with Crippen molar-refractivity contribution >= 4 is 81.2 Å². The highest BCUT2D eigenvalue weighted by Gasteiger charge is 2.41. The Kier molecular flexibility index (Phi) is 12.4. The molecule has 1 aromatic heterocycles. The lowest BCUT2D eigenvalue weighted by Gasteiger charge is -2.37. The van der Waals surface area contributed by atoms with E-state index in [0.717, 1.165) is 77.8 Å². The second kappa shape index (κ2) is 17.6. The molecule has 4 aromatic carbocycles. The van der Waals surface area contributed by atoms with E-state index in [4.69, 9.17) is 4.74 Å². The van der Waals surface area contributed by atoms with E-state index in [1.54, 1.807) is 23.2 Å². The average Bonchev–Trinajstić information content (AvgIpc) is 3.87. The zero-order valence-electron chi connectivity index (χ0n) is 35.3. The highest BCUT2D eigenvalue weighted by molar-refractivity contribution is 7.86. The van der Waals surface area contributed by atoms with Crippen LogP contribution >= 0.6 is 11.3 Å². The molecule has 0 radical (unpaired) electrons. The fourth-order valence-corrected chi connectivity index (χ4v) is 11.6. The molecular weight excluding hydrogens is 845 g/mol. The SMILES string of the molecule is CCOC(=O)N1CCN(C2=C(/C=C/c3sc4c5ccccc5ccc4[n+]3CCCS(=O)(=O)O)CC/C2=C\C=C2\N(CCCS(=O)(=O)O)c3ccc4ccccc4c3C2(C)C)CC1. The summed E-state index contributed by atoms with van der Waals surface area (Å²) >= 11 is 1.66. The molecule has 15 heteroatoms. The molecule has 3 heterocycles. The van der Waals surface area contributed by atoms with E-state index in [1.165, 1.54) is 5.56 Å². The zero-order valence-corrected chi connectivity index (χ0v) is 37.7. The lowest BCUT2D eigenvalue weighted by Crippen LogP contribution is -2.48. The molecule has 5 aromatic rings. The van der Waals surface area contributed by atoms with Crippen LogP contribution < -0.4 is 9.47 Å². The van der Waals surface area contributed by atoms with E-state index in [9.17, 15) is 30.7 Å². The van der Waals surface area contributed by atoms with Crippen molar-refractivity contribution in [1.82, 2.24) is 9.80 Å². The Morgan fingerprint density at radius 3 is 2.19 bits per heavy atom. The summed E-state index contributed by atoms with van der Waals surface area (Å²) in [6, 6.07) is 24.9. The smallest absolute Gasteiger partial charge is 0.409 e. The Bertz CT molecular complexity index is 2910. The van der Waals surface area contributed by atoms with Crippen LogP contribution in [0.5, 0.6) is 0 Å². The number of piperazine rings is 1. The van der Waals surface area contributed by atoms with Gasteiger partial charge in [0.05, 0.1) is 18.1 Å². The number of aromatic nitrogens is 1. The van der Waals surface area contributed by atoms with Crippen LogP contribution in [0.1, 0.15) is 57.0 Å². The highest BCUT2D eigenvalue weighted by Crippen LogP contribution is 2.51. The summed E-state index contributed by atoms with van der Waals surface area (Å²) in [4.78, 5) is 19.0. The van der Waals surface area contributed by atoms with Crippen LogP contribution in [0.2, 0.25) is 0 Å². The van der Waals surface area contributed by atoms with E-state index in [1.807, 2.05) is 24.3 Å². The standard InChI is InChI=1S/C47H52N4O8S3/c1-4-59-46(52)49-29-27-48(28-30-49)44-35(19-23-41-47(2,3)43-37-13-7-5-11-33(37)17-21-39(43)50(41)25-9-31-61(53,54)55)15-16-36(44)20-24-42-51(26-10-32-62(56,57)58)40-22-18-34-12-6-8-14-38(34)45(40)60-42/h5-8,11-14,17-24H,4,9-10,15-16,25-32H2,1-3H3,(H-,53,54,55,56,57,58)/p+1. The molecule has 2 N–H and O–H groups in total. The van der Waals surface area contributed by atoms with Crippen LogP contribution in [-0.2, 0) is 36.9 Å². The van der Waals surface area contributed by atoms with Crippen LogP contribution in [0, 0.1) is 0 Å². The average molecular weight is 898 g/mol. The van der Waals surface area contributed by atoms with Gasteiger partial charge in [0, 0.05) is 79.2 Å². The molecule has 1 fully saturated rings. The number of nitrogens with zero attached hydrogens (tertiary/aromatic N) is 4. The first-order valence-electron chi connectivity index (χ1n) is 21.2. The van der Waals surface area contributed by atoms with E-state index in [2.05, 4.69) is 101 Å². The van der Waals surface area contributed by atoms with Gasteiger partial charge in [0.2, 0.25) is 5.52 Å². The van der Waals surface area contributed by atoms with Crippen LogP contribution in [0.3, 0.4) is 0 Å². The minimum absolute atomic E-state index is 0.253. The van der Waals surface area contributed by atoms with Gasteiger partial charge in [-0.1, -0.05) is 85.9 Å². The van der Waals surface area contributed by atoms with E-state index in [0.29, 0.717) is 45.9 Å². The number of thiazole rings is 1. The van der Waals surface area contributed by atoms with Crippen LogP contribution in [0.4, 0.5) is 10.5 Å². The van der Waals surface area contributed by atoms with Crippen molar-refractivity contribution in [3.8, 4) is 0 Å². The monoisotopic (exact) mass is 897 g/mol. The number of ether oxygens (including phenoxy) is 1. The number of anilines is 1. The maximum absolute atomic E-state index is 12.7. The molecule has 12 nitrogen and oxygen atoms in total. The summed E-state index contributed by atoms with van der Waals surface area (Å²) in [6.07, 6.45) is 10.4. The second-order valence-electron chi connectivity index (χ2n) is 16.6. The van der Waals surface area contributed by atoms with Crippen molar-refractivity contribution in [3.05, 3.63) is 124 Å². The number of allylic oxidation sites excluding steroid dienone is 6. The molecule has 0 bridgehead atoms. The molecule has 1 saturated heterocycles. The van der Waals surface area contributed by atoms with Crippen molar-refractivity contribution in [2.24, 2.45) is 0 Å². The Balaban J connectivity index is 1.21. The summed E-state index contributed by atoms with van der Waals surface area (Å²) in [5, 5.41) is 5.47. The van der Waals surface area contributed by atoms with Crippen LogP contribution in [0.25, 0.3) is 37.8 Å². The number of hydrogen-bond acceptors (Lipinski definition) is 9. The molecule has 8 rings (SSSR count). The predicted octanol–water partition coefficient (Wildman–Crippen LogP) is 8.49. The first-order valence-corrected chi connectivity index (χ1v) is 25.2. The van der Waals surface area contributed by atoms with Gasteiger partial charge in [-0.2, -0.15) is 21.4 Å². The van der Waals surface area contributed by atoms with E-state index >= 15 is 0 Å². The second-order valence-corrected chi connectivity index (χ2v) is 20.8. The van der Waals surface area contributed by atoms with Gasteiger partial charge in [-0.15, -0.1) is 0 Å². The highest BCUT2D eigenvalue weighted by atomic mass is 32.2. The normalized spacial score (nSPS) is 18.4. The number of amides is 1. The molecule has 0 atom stereocenters. The van der Waals surface area contributed by atoms with Crippen molar-refractivity contribution in [3.63, 3.8) is 0 Å². The minimum atomic E-state index is -4.14. The summed E-state index contributed by atoms with van der Waals surface area (Å²) in [7, 11) is -8.26. The molecule has 0 unspecified atom stereocenters. The fourth-order valence-electron chi connectivity index (χ4n) is 9.39. The van der Waals surface area contributed by atoms with Crippen molar-refractivity contribution in [1.29, 1.82) is 0 Å². The largest absolute Gasteiger partial charge is 0.450 e. The number of carbonyl (C=O) groups is 1. The Morgan fingerprint density at radius 1 is 0.823 bits per heavy atom. The Morgan fingerprint density at radius 2 is 1.48 bits per heavy atom. The van der Waals surface area contributed by atoms with Gasteiger partial charge in [-0.05, 0) is 83.3 Å². The maximum atomic E-state index is 12.7. The first-order chi connectivity index (χ1) is 29.6. The Hall–Kier alpha value is -5.06. The van der Waals surface area contributed by atoms with Crippen LogP contribution in [-0.4, -0.2) is 92.7 Å². The third kappa shape index (κ3) is 9.04. The lowest BCUT2D eigenvalue weighted by atomic mass is 9.81. The fraction of sp³-hybridized carbons (Fsp3) is 0.362. The summed E-state index contributed by atoms with van der Waals surface area (Å²) < 4.78 is 74.8. The first kappa shape index (κ1) is 43.6. The predicted molar refractivity (Wildman–Crippen MR) is 248 cm³/mol. The number of benzene rings is 4. The minimum Gasteiger partial charge on any atom is -0.450 e. The zero-order chi connectivity index (χ0) is 43.8. The van der Waals surface area contributed by atoms with Gasteiger partial charge in [-0.3, -0.25) is 9.11 Å². The number of rotatable bonds is 13. The molecular formula is C47H53N4O8S3+. The van der Waals surface area contributed by atoms with Crippen molar-refractivity contribution < 1.29 is 40.0 Å². The number of hydrogen-bond donors (Lipinski definition) is 2. The van der Waals surface area contributed by atoms with Gasteiger partial charge in [-0.25, -0.2) is 4.79 Å². The van der Waals surface area contributed by atoms with Gasteiger partial charge < -0.3 is 19.4 Å². The summed E-state index contributed by atoms with van der Waals surface area (Å²) in [6.45, 7) is 9.62. The molecule has 62 heavy (non-hydrogen) atoms. The third-order valence-electron chi connectivity index (χ3n) is 12.2. The van der Waals surface area contributed by atoms with Gasteiger partial charge >= 0.3 is 6.09 Å². The Labute approximate surface area is 367 Å². The molecule has 1 aliphatic carbocycles. The van der Waals surface area contributed by atoms with Gasteiger partial charge in [0.25, 0.3) is 25.2 Å². The molecule has 2 aliphatic heterocycles. The van der Waals surface area contributed by atoms with Crippen molar-refractivity contribution in [2.75, 3.05) is 55.7 Å². The quantitative estimate of drug-likeness (QED) is 0.0871. The van der Waals surface area contributed by atoms with Crippen LogP contribution in [0.15, 0.2) is 114 Å². The molecule has 0 spiro atoms. The molecule has 0 saturated carbocycles. The maximum Gasteiger partial charge on any atom is 0.409 e. The topological polar surface area (TPSA) is 149 Å². The summed E-state index contributed by atoms with van der Waals surface area (Å²) in [5.41, 5.74) is 7.21. The molecule has 1 amide bonds. The van der Waals surface area contributed by atoms with Crippen molar-refractivity contribution in [2.45, 2.75) is 58.4 Å². The number of carbonyl (C=O) groups excluding carboxylic acids is 1. The third-order valence-corrected chi connectivity index (χ3v) is 15.0. The lowest BCUT2D eigenvalue weighted by molar-refractivity contribution is -0.668. The number of fused-ring (bicyclic) bond motifs is 6. The summed E-state index contributed by atoms with van der Waals surface area (Å²) in [5.74, 6) is -0.668.